The first-order valence-electron chi connectivity index (χ1n) is 8.61. The molecule has 1 aromatic carbocycles. The van der Waals surface area contributed by atoms with Gasteiger partial charge < -0.3 is 10.6 Å². The van der Waals surface area contributed by atoms with Gasteiger partial charge in [0.15, 0.2) is 0 Å². The number of likely N-dealkylation sites (tertiary alicyclic amines) is 1. The van der Waals surface area contributed by atoms with Crippen LogP contribution in [0.2, 0.25) is 0 Å². The fourth-order valence-electron chi connectivity index (χ4n) is 4.15. The molecule has 2 N–H and O–H groups in total. The van der Waals surface area contributed by atoms with Crippen LogP contribution < -0.4 is 11.3 Å². The molecule has 3 atom stereocenters. The SMILES string of the molecule is Cl.NC1CCC2CN(C(=O)CCn3cnc4ccccc4c3=O)CC12. The van der Waals surface area contributed by atoms with Crippen molar-refractivity contribution in [3.05, 3.63) is 40.9 Å². The second kappa shape index (κ2) is 7.14. The predicted octanol–water partition coefficient (Wildman–Crippen LogP) is 1.40. The highest BCUT2D eigenvalue weighted by Crippen LogP contribution is 2.37. The van der Waals surface area contributed by atoms with Crippen molar-refractivity contribution in [3.63, 3.8) is 0 Å². The van der Waals surface area contributed by atoms with Gasteiger partial charge >= 0.3 is 0 Å². The highest BCUT2D eigenvalue weighted by Gasteiger charge is 2.42. The normalized spacial score (nSPS) is 25.0. The molecule has 7 heteroatoms. The summed E-state index contributed by atoms with van der Waals surface area (Å²) in [6, 6.07) is 7.51. The summed E-state index contributed by atoms with van der Waals surface area (Å²) in [7, 11) is 0. The van der Waals surface area contributed by atoms with E-state index in [1.165, 1.54) is 10.9 Å². The molecule has 1 aliphatic heterocycles. The minimum Gasteiger partial charge on any atom is -0.342 e. The van der Waals surface area contributed by atoms with E-state index in [-0.39, 0.29) is 29.9 Å². The molecule has 2 aliphatic rings. The highest BCUT2D eigenvalue weighted by atomic mass is 35.5. The number of rotatable bonds is 3. The lowest BCUT2D eigenvalue weighted by Crippen LogP contribution is -2.34. The number of halogens is 1. The summed E-state index contributed by atoms with van der Waals surface area (Å²) >= 11 is 0. The zero-order valence-corrected chi connectivity index (χ0v) is 14.8. The lowest BCUT2D eigenvalue weighted by Gasteiger charge is -2.19. The Kier molecular flexibility index (Phi) is 5.11. The van der Waals surface area contributed by atoms with Crippen LogP contribution in [0.4, 0.5) is 0 Å². The number of benzene rings is 1. The van der Waals surface area contributed by atoms with Gasteiger partial charge in [-0.3, -0.25) is 14.2 Å². The number of para-hydroxylation sites is 1. The lowest BCUT2D eigenvalue weighted by molar-refractivity contribution is -0.130. The molecule has 4 rings (SSSR count). The Morgan fingerprint density at radius 2 is 2.04 bits per heavy atom. The number of fused-ring (bicyclic) bond motifs is 2. The van der Waals surface area contributed by atoms with Crippen molar-refractivity contribution < 1.29 is 4.79 Å². The molecule has 1 amide bonds. The van der Waals surface area contributed by atoms with Gasteiger partial charge in [-0.05, 0) is 36.8 Å². The maximum Gasteiger partial charge on any atom is 0.261 e. The third-order valence-electron chi connectivity index (χ3n) is 5.56. The van der Waals surface area contributed by atoms with Crippen LogP contribution in [0.25, 0.3) is 10.9 Å². The minimum atomic E-state index is -0.0892. The van der Waals surface area contributed by atoms with Gasteiger partial charge in [0.2, 0.25) is 5.91 Å². The quantitative estimate of drug-likeness (QED) is 0.895. The Labute approximate surface area is 152 Å². The second-order valence-electron chi connectivity index (χ2n) is 6.97. The van der Waals surface area contributed by atoms with Crippen molar-refractivity contribution in [2.75, 3.05) is 13.1 Å². The van der Waals surface area contributed by atoms with Crippen LogP contribution in [0.1, 0.15) is 19.3 Å². The Balaban J connectivity index is 0.00000182. The number of hydrogen-bond acceptors (Lipinski definition) is 4. The van der Waals surface area contributed by atoms with Crippen LogP contribution in [-0.4, -0.2) is 39.5 Å². The van der Waals surface area contributed by atoms with Gasteiger partial charge in [-0.1, -0.05) is 12.1 Å². The highest BCUT2D eigenvalue weighted by molar-refractivity contribution is 5.85. The number of aromatic nitrogens is 2. The summed E-state index contributed by atoms with van der Waals surface area (Å²) in [6.45, 7) is 1.96. The van der Waals surface area contributed by atoms with Crippen molar-refractivity contribution in [3.8, 4) is 0 Å². The molecule has 25 heavy (non-hydrogen) atoms. The predicted molar refractivity (Wildman–Crippen MR) is 98.6 cm³/mol. The molecule has 6 nitrogen and oxygen atoms in total. The van der Waals surface area contributed by atoms with Gasteiger partial charge in [0.1, 0.15) is 0 Å². The van der Waals surface area contributed by atoms with E-state index in [1.54, 1.807) is 6.07 Å². The van der Waals surface area contributed by atoms with Gasteiger partial charge in [0.05, 0.1) is 17.2 Å². The van der Waals surface area contributed by atoms with Gasteiger partial charge in [-0.25, -0.2) is 4.98 Å². The Bertz CT molecular complexity index is 837. The summed E-state index contributed by atoms with van der Waals surface area (Å²) in [5.41, 5.74) is 6.73. The summed E-state index contributed by atoms with van der Waals surface area (Å²) in [6.07, 6.45) is 4.07. The summed E-state index contributed by atoms with van der Waals surface area (Å²) < 4.78 is 1.53. The van der Waals surface area contributed by atoms with Gasteiger partial charge in [-0.2, -0.15) is 0 Å². The van der Waals surface area contributed by atoms with E-state index in [0.717, 1.165) is 25.9 Å². The zero-order chi connectivity index (χ0) is 16.7. The van der Waals surface area contributed by atoms with Crippen molar-refractivity contribution >= 4 is 29.2 Å². The fraction of sp³-hybridized carbons (Fsp3) is 0.500. The Hall–Kier alpha value is -1.92. The molecule has 2 aromatic rings. The van der Waals surface area contributed by atoms with Crippen LogP contribution in [0, 0.1) is 11.8 Å². The van der Waals surface area contributed by atoms with Crippen molar-refractivity contribution in [2.24, 2.45) is 17.6 Å². The molecule has 2 heterocycles. The van der Waals surface area contributed by atoms with Crippen molar-refractivity contribution in [1.29, 1.82) is 0 Å². The van der Waals surface area contributed by atoms with E-state index in [0.29, 0.717) is 35.7 Å². The fourth-order valence-corrected chi connectivity index (χ4v) is 4.15. The standard InChI is InChI=1S/C18H22N4O2.ClH/c19-15-6-5-12-9-22(10-14(12)15)17(23)7-8-21-11-20-16-4-2-1-3-13(16)18(21)24;/h1-4,11-12,14-15H,5-10,19H2;1H. The number of hydrogen-bond donors (Lipinski definition) is 1. The summed E-state index contributed by atoms with van der Waals surface area (Å²) in [5, 5.41) is 0.592. The van der Waals surface area contributed by atoms with Crippen molar-refractivity contribution in [1.82, 2.24) is 14.5 Å². The number of carbonyl (C=O) groups is 1. The summed E-state index contributed by atoms with van der Waals surface area (Å²) in [5.74, 6) is 1.13. The summed E-state index contributed by atoms with van der Waals surface area (Å²) in [4.78, 5) is 31.1. The van der Waals surface area contributed by atoms with Gasteiger partial charge in [0, 0.05) is 32.1 Å². The minimum absolute atomic E-state index is 0. The molecule has 1 aromatic heterocycles. The zero-order valence-electron chi connectivity index (χ0n) is 14.0. The molecule has 0 bridgehead atoms. The Morgan fingerprint density at radius 3 is 2.84 bits per heavy atom. The topological polar surface area (TPSA) is 81.2 Å². The van der Waals surface area contributed by atoms with E-state index >= 15 is 0 Å². The molecule has 0 radical (unpaired) electrons. The van der Waals surface area contributed by atoms with E-state index in [9.17, 15) is 9.59 Å². The molecule has 2 fully saturated rings. The molecular weight excluding hydrogens is 340 g/mol. The Morgan fingerprint density at radius 1 is 1.24 bits per heavy atom. The average Bonchev–Trinajstić information content (AvgIpc) is 3.17. The number of nitrogens with zero attached hydrogens (tertiary/aromatic N) is 3. The molecule has 0 spiro atoms. The van der Waals surface area contributed by atoms with E-state index < -0.39 is 0 Å². The first kappa shape index (κ1) is 17.9. The third-order valence-corrected chi connectivity index (χ3v) is 5.56. The van der Waals surface area contributed by atoms with Crippen LogP contribution in [0.15, 0.2) is 35.4 Å². The van der Waals surface area contributed by atoms with Crippen LogP contribution >= 0.6 is 12.4 Å². The first-order valence-corrected chi connectivity index (χ1v) is 8.61. The van der Waals surface area contributed by atoms with Crippen LogP contribution in [0.5, 0.6) is 0 Å². The number of carbonyl (C=O) groups excluding carboxylic acids is 1. The van der Waals surface area contributed by atoms with E-state index in [1.807, 2.05) is 23.1 Å². The molecule has 1 saturated heterocycles. The largest absolute Gasteiger partial charge is 0.342 e. The maximum atomic E-state index is 12.5. The molecular formula is C18H23ClN4O2. The van der Waals surface area contributed by atoms with Gasteiger partial charge in [-0.15, -0.1) is 12.4 Å². The molecule has 3 unspecified atom stereocenters. The average molecular weight is 363 g/mol. The second-order valence-corrected chi connectivity index (χ2v) is 6.97. The maximum absolute atomic E-state index is 12.5. The molecule has 1 saturated carbocycles. The number of amides is 1. The van der Waals surface area contributed by atoms with Crippen LogP contribution in [-0.2, 0) is 11.3 Å². The van der Waals surface area contributed by atoms with Gasteiger partial charge in [0.25, 0.3) is 5.56 Å². The van der Waals surface area contributed by atoms with Crippen LogP contribution in [0.3, 0.4) is 0 Å². The number of aryl methyl sites for hydroxylation is 1. The molecule has 1 aliphatic carbocycles. The van der Waals surface area contributed by atoms with Crippen molar-refractivity contribution in [2.45, 2.75) is 31.8 Å². The third kappa shape index (κ3) is 3.28. The smallest absolute Gasteiger partial charge is 0.261 e. The van der Waals surface area contributed by atoms with E-state index in [2.05, 4.69) is 4.98 Å². The monoisotopic (exact) mass is 362 g/mol. The molecule has 134 valence electrons. The number of nitrogens with two attached hydrogens (primary N) is 1. The lowest BCUT2D eigenvalue weighted by atomic mass is 9.98. The first-order chi connectivity index (χ1) is 11.6. The van der Waals surface area contributed by atoms with E-state index in [4.69, 9.17) is 5.73 Å².